The van der Waals surface area contributed by atoms with Crippen LogP contribution in [0.1, 0.15) is 29.9 Å². The maximum Gasteiger partial charge on any atom is 0.271 e. The molecule has 2 aromatic rings. The lowest BCUT2D eigenvalue weighted by molar-refractivity contribution is -0.127. The number of likely N-dealkylation sites (N-methyl/N-ethyl adjacent to an activating group) is 1. The number of carbonyl (C=O) groups excluding carboxylic acids is 2. The molecule has 142 valence electrons. The molecular formula is C19H22ClN5O2. The van der Waals surface area contributed by atoms with Gasteiger partial charge < -0.3 is 15.5 Å². The number of rotatable bonds is 7. The quantitative estimate of drug-likeness (QED) is 0.563. The summed E-state index contributed by atoms with van der Waals surface area (Å²) in [6.07, 6.45) is 1.38. The number of nitrogens with zero attached hydrogens (tertiary/aromatic N) is 3. The van der Waals surface area contributed by atoms with E-state index in [1.165, 1.54) is 6.20 Å². The van der Waals surface area contributed by atoms with Crippen LogP contribution in [-0.2, 0) is 4.79 Å². The molecule has 0 bridgehead atoms. The topological polar surface area (TPSA) is 87.2 Å². The van der Waals surface area contributed by atoms with Gasteiger partial charge in [0, 0.05) is 30.5 Å². The van der Waals surface area contributed by atoms with Gasteiger partial charge in [-0.3, -0.25) is 9.59 Å². The van der Waals surface area contributed by atoms with Crippen molar-refractivity contribution >= 4 is 29.4 Å². The Labute approximate surface area is 163 Å². The second kappa shape index (κ2) is 9.68. The van der Waals surface area contributed by atoms with E-state index in [9.17, 15) is 9.59 Å². The number of hydrogen-bond donors (Lipinski definition) is 2. The van der Waals surface area contributed by atoms with Crippen LogP contribution in [0.3, 0.4) is 0 Å². The van der Waals surface area contributed by atoms with E-state index in [0.717, 1.165) is 0 Å². The van der Waals surface area contributed by atoms with Gasteiger partial charge in [-0.05, 0) is 39.0 Å². The molecule has 8 heteroatoms. The van der Waals surface area contributed by atoms with E-state index in [1.807, 2.05) is 19.9 Å². The van der Waals surface area contributed by atoms with Crippen LogP contribution in [0.15, 0.2) is 48.3 Å². The average molecular weight is 388 g/mol. The van der Waals surface area contributed by atoms with Crippen LogP contribution in [0.25, 0.3) is 0 Å². The molecule has 27 heavy (non-hydrogen) atoms. The lowest BCUT2D eigenvalue weighted by Gasteiger charge is -2.21. The van der Waals surface area contributed by atoms with Crippen LogP contribution in [0.2, 0.25) is 5.15 Å². The summed E-state index contributed by atoms with van der Waals surface area (Å²) in [6, 6.07) is 10.3. The van der Waals surface area contributed by atoms with Gasteiger partial charge in [-0.15, -0.1) is 0 Å². The second-order valence-corrected chi connectivity index (χ2v) is 6.04. The number of aryl methyl sites for hydroxylation is 1. The zero-order valence-corrected chi connectivity index (χ0v) is 16.2. The van der Waals surface area contributed by atoms with Gasteiger partial charge in [0.1, 0.15) is 10.9 Å². The largest absolute Gasteiger partial charge is 0.338 e. The van der Waals surface area contributed by atoms with Crippen molar-refractivity contribution in [1.82, 2.24) is 20.2 Å². The third-order valence-electron chi connectivity index (χ3n) is 3.73. The Kier molecular flexibility index (Phi) is 7.31. The van der Waals surface area contributed by atoms with E-state index in [1.54, 1.807) is 42.2 Å². The van der Waals surface area contributed by atoms with Crippen molar-refractivity contribution in [3.05, 3.63) is 64.7 Å². The maximum atomic E-state index is 12.8. The molecule has 0 radical (unpaired) electrons. The van der Waals surface area contributed by atoms with Crippen molar-refractivity contribution < 1.29 is 9.59 Å². The van der Waals surface area contributed by atoms with Gasteiger partial charge in [-0.25, -0.2) is 9.97 Å². The first-order valence-corrected chi connectivity index (χ1v) is 8.96. The second-order valence-electron chi connectivity index (χ2n) is 5.66. The zero-order valence-electron chi connectivity index (χ0n) is 15.5. The van der Waals surface area contributed by atoms with Crippen molar-refractivity contribution in [3.63, 3.8) is 0 Å². The van der Waals surface area contributed by atoms with Crippen molar-refractivity contribution in [1.29, 1.82) is 0 Å². The highest BCUT2D eigenvalue weighted by atomic mass is 35.5. The number of carbonyl (C=O) groups is 2. The van der Waals surface area contributed by atoms with Gasteiger partial charge in [0.25, 0.3) is 11.8 Å². The van der Waals surface area contributed by atoms with Crippen LogP contribution in [0, 0.1) is 6.92 Å². The lowest BCUT2D eigenvalue weighted by atomic mass is 10.2. The number of halogens is 1. The Balaban J connectivity index is 2.28. The van der Waals surface area contributed by atoms with Crippen LogP contribution >= 0.6 is 11.6 Å². The Morgan fingerprint density at radius 3 is 2.41 bits per heavy atom. The molecule has 0 aliphatic rings. The number of nitrogens with one attached hydrogen (secondary N) is 2. The average Bonchev–Trinajstić information content (AvgIpc) is 2.65. The molecule has 1 aromatic heterocycles. The fourth-order valence-corrected chi connectivity index (χ4v) is 2.59. The minimum Gasteiger partial charge on any atom is -0.338 e. The highest BCUT2D eigenvalue weighted by molar-refractivity contribution is 6.29. The van der Waals surface area contributed by atoms with Gasteiger partial charge in [0.05, 0.1) is 0 Å². The number of amides is 2. The van der Waals surface area contributed by atoms with E-state index in [-0.39, 0.29) is 28.6 Å². The van der Waals surface area contributed by atoms with Crippen molar-refractivity contribution in [2.24, 2.45) is 0 Å². The monoisotopic (exact) mass is 387 g/mol. The Morgan fingerprint density at radius 2 is 1.81 bits per heavy atom. The van der Waals surface area contributed by atoms with Gasteiger partial charge in [0.2, 0.25) is 5.95 Å². The molecule has 2 amide bonds. The number of anilines is 1. The van der Waals surface area contributed by atoms with E-state index in [0.29, 0.717) is 24.3 Å². The zero-order chi connectivity index (χ0) is 19.8. The van der Waals surface area contributed by atoms with Crippen LogP contribution < -0.4 is 10.6 Å². The smallest absolute Gasteiger partial charge is 0.271 e. The van der Waals surface area contributed by atoms with Crippen molar-refractivity contribution in [3.8, 4) is 0 Å². The molecule has 0 aliphatic heterocycles. The van der Waals surface area contributed by atoms with Gasteiger partial charge in [-0.1, -0.05) is 29.8 Å². The fraction of sp³-hybridized carbons (Fsp3) is 0.263. The van der Waals surface area contributed by atoms with E-state index in [2.05, 4.69) is 20.6 Å². The molecular weight excluding hydrogens is 366 g/mol. The molecule has 7 nitrogen and oxygen atoms in total. The maximum absolute atomic E-state index is 12.8. The van der Waals surface area contributed by atoms with E-state index in [4.69, 9.17) is 11.6 Å². The summed E-state index contributed by atoms with van der Waals surface area (Å²) in [5.74, 6) is -0.457. The first-order valence-electron chi connectivity index (χ1n) is 8.58. The van der Waals surface area contributed by atoms with Crippen molar-refractivity contribution in [2.45, 2.75) is 20.8 Å². The number of benzene rings is 1. The molecule has 0 unspecified atom stereocenters. The van der Waals surface area contributed by atoms with Gasteiger partial charge in [0.15, 0.2) is 0 Å². The highest BCUT2D eigenvalue weighted by Gasteiger charge is 2.19. The third kappa shape index (κ3) is 5.79. The Bertz CT molecular complexity index is 815. The molecule has 1 aromatic carbocycles. The van der Waals surface area contributed by atoms with Gasteiger partial charge >= 0.3 is 0 Å². The van der Waals surface area contributed by atoms with Crippen LogP contribution in [-0.4, -0.2) is 39.8 Å². The first kappa shape index (κ1) is 20.4. The molecule has 2 N–H and O–H groups in total. The highest BCUT2D eigenvalue weighted by Crippen LogP contribution is 2.10. The third-order valence-corrected chi connectivity index (χ3v) is 3.93. The standard InChI is InChI=1S/C19H22ClN5O2/c1-4-25(5-2)18(27)15(23-17(26)14-9-7-6-8-10-14)12-21-19-22-13(3)11-16(20)24-19/h6-12H,4-5H2,1-3H3,(H,23,26)(H,21,22,24)/b15-12-. The molecule has 0 saturated heterocycles. The molecule has 0 atom stereocenters. The predicted octanol–water partition coefficient (Wildman–Crippen LogP) is 2.99. The molecule has 0 fully saturated rings. The molecule has 2 rings (SSSR count). The molecule has 0 saturated carbocycles. The van der Waals surface area contributed by atoms with Crippen LogP contribution in [0.4, 0.5) is 5.95 Å². The van der Waals surface area contributed by atoms with Crippen molar-refractivity contribution in [2.75, 3.05) is 18.4 Å². The summed E-state index contributed by atoms with van der Waals surface area (Å²) >= 11 is 5.93. The SMILES string of the molecule is CCN(CC)C(=O)/C(=C/Nc1nc(C)cc(Cl)n1)NC(=O)c1ccccc1. The lowest BCUT2D eigenvalue weighted by Crippen LogP contribution is -2.38. The summed E-state index contributed by atoms with van der Waals surface area (Å²) in [7, 11) is 0. The number of hydrogen-bond acceptors (Lipinski definition) is 5. The number of aromatic nitrogens is 2. The fourth-order valence-electron chi connectivity index (χ4n) is 2.35. The van der Waals surface area contributed by atoms with Gasteiger partial charge in [-0.2, -0.15) is 0 Å². The predicted molar refractivity (Wildman–Crippen MR) is 105 cm³/mol. The van der Waals surface area contributed by atoms with E-state index >= 15 is 0 Å². The van der Waals surface area contributed by atoms with E-state index < -0.39 is 0 Å². The Morgan fingerprint density at radius 1 is 1.15 bits per heavy atom. The summed E-state index contributed by atoms with van der Waals surface area (Å²) in [6.45, 7) is 6.55. The minimum atomic E-state index is -0.382. The van der Waals surface area contributed by atoms with Crippen LogP contribution in [0.5, 0.6) is 0 Å². The Hall–Kier alpha value is -2.93. The summed E-state index contributed by atoms with van der Waals surface area (Å²) in [5.41, 5.74) is 1.22. The molecule has 1 heterocycles. The molecule has 0 spiro atoms. The minimum absolute atomic E-state index is 0.0915. The summed E-state index contributed by atoms with van der Waals surface area (Å²) in [4.78, 5) is 35.1. The first-order chi connectivity index (χ1) is 12.9. The normalized spacial score (nSPS) is 11.0. The molecule has 0 aliphatic carbocycles. The summed E-state index contributed by atoms with van der Waals surface area (Å²) < 4.78 is 0. The summed E-state index contributed by atoms with van der Waals surface area (Å²) in [5, 5.41) is 5.78.